The van der Waals surface area contributed by atoms with Crippen molar-refractivity contribution >= 4 is 5.69 Å². The number of benzene rings is 1. The van der Waals surface area contributed by atoms with Gasteiger partial charge in [0.05, 0.1) is 0 Å². The topological polar surface area (TPSA) is 26.0 Å². The van der Waals surface area contributed by atoms with Crippen LogP contribution in [0.5, 0.6) is 0 Å². The van der Waals surface area contributed by atoms with Gasteiger partial charge in [-0.25, -0.2) is 0 Å². The highest BCUT2D eigenvalue weighted by atomic mass is 14.6. The summed E-state index contributed by atoms with van der Waals surface area (Å²) in [4.78, 5) is 0. The first-order valence-electron chi connectivity index (χ1n) is 8.18. The number of anilines is 1. The standard InChI is InChI=1S/C18H31N/c1-2-3-4-5-6-7-8-9-10-11-14-17-15-12-13-16-18(17)19/h12-13,15-16H,2-11,14,19H2,1H3. The summed E-state index contributed by atoms with van der Waals surface area (Å²) in [5.41, 5.74) is 8.22. The summed E-state index contributed by atoms with van der Waals surface area (Å²) < 4.78 is 0. The van der Waals surface area contributed by atoms with Gasteiger partial charge < -0.3 is 5.73 Å². The Bertz CT molecular complexity index is 319. The molecule has 0 fully saturated rings. The lowest BCUT2D eigenvalue weighted by molar-refractivity contribution is 0.556. The second kappa shape index (κ2) is 10.9. The lowest BCUT2D eigenvalue weighted by Gasteiger charge is -2.05. The number of unbranched alkanes of at least 4 members (excludes halogenated alkanes) is 9. The zero-order valence-electron chi connectivity index (χ0n) is 12.7. The fourth-order valence-electron chi connectivity index (χ4n) is 2.56. The van der Waals surface area contributed by atoms with Crippen LogP contribution in [0.15, 0.2) is 24.3 Å². The number of nitrogen functional groups attached to an aromatic ring is 1. The monoisotopic (exact) mass is 261 g/mol. The Kier molecular flexibility index (Phi) is 9.22. The third-order valence-corrected chi connectivity index (χ3v) is 3.85. The van der Waals surface area contributed by atoms with Crippen molar-refractivity contribution < 1.29 is 0 Å². The molecule has 1 rings (SSSR count). The molecule has 1 aromatic rings. The Morgan fingerprint density at radius 3 is 1.84 bits per heavy atom. The molecule has 0 heterocycles. The number of para-hydroxylation sites is 1. The van der Waals surface area contributed by atoms with Gasteiger partial charge in [0, 0.05) is 5.69 Å². The van der Waals surface area contributed by atoms with Gasteiger partial charge in [-0.1, -0.05) is 82.9 Å². The molecule has 0 amide bonds. The van der Waals surface area contributed by atoms with Gasteiger partial charge >= 0.3 is 0 Å². The van der Waals surface area contributed by atoms with Gasteiger partial charge in [0.15, 0.2) is 0 Å². The van der Waals surface area contributed by atoms with Crippen LogP contribution in [0.25, 0.3) is 0 Å². The molecular weight excluding hydrogens is 230 g/mol. The van der Waals surface area contributed by atoms with Crippen molar-refractivity contribution in [2.24, 2.45) is 0 Å². The first-order valence-corrected chi connectivity index (χ1v) is 8.18. The van der Waals surface area contributed by atoms with Crippen LogP contribution in [0, 0.1) is 0 Å². The molecule has 0 saturated heterocycles. The zero-order valence-corrected chi connectivity index (χ0v) is 12.7. The zero-order chi connectivity index (χ0) is 13.8. The normalized spacial score (nSPS) is 10.8. The smallest absolute Gasteiger partial charge is 0.0346 e. The SMILES string of the molecule is CCCCCCCCCCCCc1ccccc1N. The van der Waals surface area contributed by atoms with Gasteiger partial charge in [-0.2, -0.15) is 0 Å². The Morgan fingerprint density at radius 2 is 1.26 bits per heavy atom. The molecule has 0 unspecified atom stereocenters. The van der Waals surface area contributed by atoms with Crippen molar-refractivity contribution in [2.45, 2.75) is 77.6 Å². The van der Waals surface area contributed by atoms with Crippen LogP contribution in [0.4, 0.5) is 5.69 Å². The van der Waals surface area contributed by atoms with Gasteiger partial charge in [0.2, 0.25) is 0 Å². The van der Waals surface area contributed by atoms with Crippen LogP contribution in [0.1, 0.15) is 76.7 Å². The molecule has 0 aliphatic carbocycles. The predicted molar refractivity (Wildman–Crippen MR) is 86.4 cm³/mol. The molecule has 0 atom stereocenters. The summed E-state index contributed by atoms with van der Waals surface area (Å²) in [6, 6.07) is 8.26. The summed E-state index contributed by atoms with van der Waals surface area (Å²) >= 11 is 0. The maximum atomic E-state index is 5.94. The summed E-state index contributed by atoms with van der Waals surface area (Å²) in [6.07, 6.45) is 15.1. The summed E-state index contributed by atoms with van der Waals surface area (Å²) in [7, 11) is 0. The summed E-state index contributed by atoms with van der Waals surface area (Å²) in [5.74, 6) is 0. The molecule has 2 N–H and O–H groups in total. The van der Waals surface area contributed by atoms with E-state index in [2.05, 4.69) is 19.1 Å². The first-order chi connectivity index (χ1) is 9.34. The van der Waals surface area contributed by atoms with Gasteiger partial charge in [0.25, 0.3) is 0 Å². The molecule has 1 nitrogen and oxygen atoms in total. The van der Waals surface area contributed by atoms with Crippen LogP contribution in [0.2, 0.25) is 0 Å². The van der Waals surface area contributed by atoms with Crippen LogP contribution in [-0.4, -0.2) is 0 Å². The number of aryl methyl sites for hydroxylation is 1. The Hall–Kier alpha value is -0.980. The number of hydrogen-bond donors (Lipinski definition) is 1. The van der Waals surface area contributed by atoms with E-state index in [1.807, 2.05) is 12.1 Å². The van der Waals surface area contributed by atoms with E-state index in [0.29, 0.717) is 0 Å². The highest BCUT2D eigenvalue weighted by molar-refractivity contribution is 5.46. The molecule has 0 bridgehead atoms. The van der Waals surface area contributed by atoms with E-state index in [-0.39, 0.29) is 0 Å². The fourth-order valence-corrected chi connectivity index (χ4v) is 2.56. The number of hydrogen-bond acceptors (Lipinski definition) is 1. The van der Waals surface area contributed by atoms with Crippen molar-refractivity contribution in [3.8, 4) is 0 Å². The molecule has 19 heavy (non-hydrogen) atoms. The minimum Gasteiger partial charge on any atom is -0.399 e. The minimum atomic E-state index is 0.957. The van der Waals surface area contributed by atoms with Crippen molar-refractivity contribution in [3.05, 3.63) is 29.8 Å². The van der Waals surface area contributed by atoms with E-state index in [1.54, 1.807) is 0 Å². The van der Waals surface area contributed by atoms with Gasteiger partial charge in [-0.05, 0) is 24.5 Å². The molecule has 0 saturated carbocycles. The van der Waals surface area contributed by atoms with Gasteiger partial charge in [0.1, 0.15) is 0 Å². The molecule has 1 aromatic carbocycles. The van der Waals surface area contributed by atoms with E-state index in [0.717, 1.165) is 12.1 Å². The Labute approximate surface area is 119 Å². The summed E-state index contributed by atoms with van der Waals surface area (Å²) in [6.45, 7) is 2.28. The van der Waals surface area contributed by atoms with Gasteiger partial charge in [-0.15, -0.1) is 0 Å². The van der Waals surface area contributed by atoms with Crippen molar-refractivity contribution in [1.82, 2.24) is 0 Å². The average Bonchev–Trinajstić information content (AvgIpc) is 2.43. The van der Waals surface area contributed by atoms with Crippen molar-refractivity contribution in [1.29, 1.82) is 0 Å². The van der Waals surface area contributed by atoms with Crippen LogP contribution >= 0.6 is 0 Å². The highest BCUT2D eigenvalue weighted by Gasteiger charge is 1.97. The van der Waals surface area contributed by atoms with Crippen LogP contribution < -0.4 is 5.73 Å². The van der Waals surface area contributed by atoms with E-state index in [9.17, 15) is 0 Å². The average molecular weight is 261 g/mol. The van der Waals surface area contributed by atoms with Crippen molar-refractivity contribution in [2.75, 3.05) is 5.73 Å². The van der Waals surface area contributed by atoms with E-state index in [1.165, 1.54) is 69.8 Å². The minimum absolute atomic E-state index is 0.957. The molecule has 0 spiro atoms. The molecule has 0 aliphatic heterocycles. The quantitative estimate of drug-likeness (QED) is 0.399. The predicted octanol–water partition coefficient (Wildman–Crippen LogP) is 5.73. The Morgan fingerprint density at radius 1 is 0.737 bits per heavy atom. The van der Waals surface area contributed by atoms with Gasteiger partial charge in [-0.3, -0.25) is 0 Å². The maximum Gasteiger partial charge on any atom is 0.0346 e. The van der Waals surface area contributed by atoms with Crippen LogP contribution in [-0.2, 0) is 6.42 Å². The van der Waals surface area contributed by atoms with E-state index >= 15 is 0 Å². The number of rotatable bonds is 11. The van der Waals surface area contributed by atoms with E-state index < -0.39 is 0 Å². The maximum absolute atomic E-state index is 5.94. The lowest BCUT2D eigenvalue weighted by atomic mass is 10.0. The third-order valence-electron chi connectivity index (χ3n) is 3.85. The molecule has 0 aliphatic rings. The molecule has 0 aromatic heterocycles. The molecular formula is C18H31N. The second-order valence-electron chi connectivity index (χ2n) is 5.63. The Balaban J connectivity index is 1.90. The van der Waals surface area contributed by atoms with Crippen LogP contribution in [0.3, 0.4) is 0 Å². The fraction of sp³-hybridized carbons (Fsp3) is 0.667. The third kappa shape index (κ3) is 7.92. The number of nitrogens with two attached hydrogens (primary N) is 1. The first kappa shape index (κ1) is 16.1. The second-order valence-corrected chi connectivity index (χ2v) is 5.63. The molecule has 1 heteroatoms. The van der Waals surface area contributed by atoms with Crippen molar-refractivity contribution in [3.63, 3.8) is 0 Å². The molecule has 108 valence electrons. The highest BCUT2D eigenvalue weighted by Crippen LogP contribution is 2.15. The summed E-state index contributed by atoms with van der Waals surface area (Å²) in [5, 5.41) is 0. The largest absolute Gasteiger partial charge is 0.399 e. The molecule has 0 radical (unpaired) electrons. The van der Waals surface area contributed by atoms with E-state index in [4.69, 9.17) is 5.73 Å². The lowest BCUT2D eigenvalue weighted by Crippen LogP contribution is -1.93.